The van der Waals surface area contributed by atoms with Gasteiger partial charge in [-0.15, -0.1) is 0 Å². The smallest absolute Gasteiger partial charge is 0.294 e. The summed E-state index contributed by atoms with van der Waals surface area (Å²) in [5.41, 5.74) is 1.09. The molecule has 1 aromatic carbocycles. The molecule has 2 aliphatic rings. The van der Waals surface area contributed by atoms with Crippen molar-refractivity contribution in [2.24, 2.45) is 5.92 Å². The summed E-state index contributed by atoms with van der Waals surface area (Å²) >= 11 is 3.43. The van der Waals surface area contributed by atoms with Crippen LogP contribution in [0, 0.1) is 5.92 Å². The van der Waals surface area contributed by atoms with Crippen molar-refractivity contribution >= 4 is 33.3 Å². The molecule has 0 aromatic heterocycles. The quantitative estimate of drug-likeness (QED) is 0.560. The number of anilines is 1. The number of hydrogen-bond acceptors (Lipinski definition) is 3. The summed E-state index contributed by atoms with van der Waals surface area (Å²) in [4.78, 5) is 27.6. The molecule has 1 N–H and O–H groups in total. The van der Waals surface area contributed by atoms with E-state index < -0.39 is 5.91 Å². The summed E-state index contributed by atoms with van der Waals surface area (Å²) in [5, 5.41) is 10.6. The van der Waals surface area contributed by atoms with Crippen molar-refractivity contribution in [3.63, 3.8) is 0 Å². The Morgan fingerprint density at radius 2 is 1.81 bits per heavy atom. The first kappa shape index (κ1) is 20.1. The molecule has 0 radical (unpaired) electrons. The Kier molecular flexibility index (Phi) is 6.74. The second-order valence-electron chi connectivity index (χ2n) is 7.64. The third-order valence-corrected chi connectivity index (χ3v) is 6.29. The molecule has 0 saturated heterocycles. The minimum absolute atomic E-state index is 0.0653. The standard InChI is InChI=1S/C22H28BrNO3/c1-2-3-5-10-18(25)19-20(15-8-6-4-7-9-15)24(22(27)21(19)26)17-13-11-16(23)12-14-17/h11-15,20,26H,2-10H2,1H3. The highest BCUT2D eigenvalue weighted by molar-refractivity contribution is 9.10. The van der Waals surface area contributed by atoms with Gasteiger partial charge in [0.2, 0.25) is 0 Å². The predicted molar refractivity (Wildman–Crippen MR) is 111 cm³/mol. The Bertz CT molecular complexity index is 720. The van der Waals surface area contributed by atoms with Crippen molar-refractivity contribution in [1.29, 1.82) is 0 Å². The third kappa shape index (κ3) is 4.29. The lowest BCUT2D eigenvalue weighted by Crippen LogP contribution is -2.42. The van der Waals surface area contributed by atoms with Crippen LogP contribution in [0.4, 0.5) is 5.69 Å². The molecule has 5 heteroatoms. The van der Waals surface area contributed by atoms with E-state index in [1.54, 1.807) is 4.90 Å². The Morgan fingerprint density at radius 1 is 1.15 bits per heavy atom. The fourth-order valence-electron chi connectivity index (χ4n) is 4.37. The maximum absolute atomic E-state index is 13.0. The van der Waals surface area contributed by atoms with Gasteiger partial charge in [0, 0.05) is 16.6 Å². The van der Waals surface area contributed by atoms with Crippen molar-refractivity contribution in [1.82, 2.24) is 0 Å². The second kappa shape index (κ2) is 9.05. The maximum atomic E-state index is 13.0. The summed E-state index contributed by atoms with van der Waals surface area (Å²) < 4.78 is 0.931. The molecule has 1 fully saturated rings. The van der Waals surface area contributed by atoms with Gasteiger partial charge in [-0.1, -0.05) is 55.0 Å². The van der Waals surface area contributed by atoms with E-state index in [-0.39, 0.29) is 23.5 Å². The lowest BCUT2D eigenvalue weighted by atomic mass is 9.79. The molecule has 1 aliphatic heterocycles. The van der Waals surface area contributed by atoms with Gasteiger partial charge in [0.05, 0.1) is 11.6 Å². The molecule has 1 unspecified atom stereocenters. The van der Waals surface area contributed by atoms with Gasteiger partial charge < -0.3 is 5.11 Å². The summed E-state index contributed by atoms with van der Waals surface area (Å²) in [7, 11) is 0. The number of ketones is 1. The molecule has 0 bridgehead atoms. The van der Waals surface area contributed by atoms with Crippen LogP contribution in [0.3, 0.4) is 0 Å². The number of aliphatic hydroxyl groups is 1. The summed E-state index contributed by atoms with van der Waals surface area (Å²) in [5.74, 6) is -0.618. The molecular weight excluding hydrogens is 406 g/mol. The van der Waals surface area contributed by atoms with E-state index in [4.69, 9.17) is 0 Å². The number of halogens is 1. The van der Waals surface area contributed by atoms with Gasteiger partial charge in [-0.3, -0.25) is 14.5 Å². The largest absolute Gasteiger partial charge is 0.503 e. The number of amides is 1. The first-order chi connectivity index (χ1) is 13.0. The van der Waals surface area contributed by atoms with Gasteiger partial charge in [-0.25, -0.2) is 0 Å². The first-order valence-corrected chi connectivity index (χ1v) is 10.9. The maximum Gasteiger partial charge on any atom is 0.294 e. The van der Waals surface area contributed by atoms with Crippen LogP contribution in [0.25, 0.3) is 0 Å². The molecule has 1 atom stereocenters. The average molecular weight is 434 g/mol. The predicted octanol–water partition coefficient (Wildman–Crippen LogP) is 5.71. The van der Waals surface area contributed by atoms with E-state index in [0.717, 1.165) is 55.1 Å². The van der Waals surface area contributed by atoms with Gasteiger partial charge in [-0.05, 0) is 49.4 Å². The zero-order chi connectivity index (χ0) is 19.4. The number of hydrogen-bond donors (Lipinski definition) is 1. The van der Waals surface area contributed by atoms with Crippen LogP contribution in [-0.4, -0.2) is 22.8 Å². The zero-order valence-corrected chi connectivity index (χ0v) is 17.5. The van der Waals surface area contributed by atoms with Crippen LogP contribution in [-0.2, 0) is 9.59 Å². The number of carbonyl (C=O) groups excluding carboxylic acids is 2. The summed E-state index contributed by atoms with van der Waals surface area (Å²) in [6.45, 7) is 2.10. The number of rotatable bonds is 7. The molecule has 1 heterocycles. The third-order valence-electron chi connectivity index (χ3n) is 5.76. The molecule has 1 aliphatic carbocycles. The summed E-state index contributed by atoms with van der Waals surface area (Å²) in [6, 6.07) is 7.18. The highest BCUT2D eigenvalue weighted by Gasteiger charge is 2.46. The zero-order valence-electron chi connectivity index (χ0n) is 15.9. The molecule has 146 valence electrons. The topological polar surface area (TPSA) is 57.6 Å². The minimum Gasteiger partial charge on any atom is -0.503 e. The Balaban J connectivity index is 1.95. The highest BCUT2D eigenvalue weighted by atomic mass is 79.9. The van der Waals surface area contributed by atoms with E-state index in [0.29, 0.717) is 12.0 Å². The Labute approximate surface area is 169 Å². The van der Waals surface area contributed by atoms with Crippen molar-refractivity contribution in [3.05, 3.63) is 40.1 Å². The fourth-order valence-corrected chi connectivity index (χ4v) is 4.63. The number of carbonyl (C=O) groups is 2. The van der Waals surface area contributed by atoms with Crippen LogP contribution in [0.5, 0.6) is 0 Å². The SMILES string of the molecule is CCCCCC(=O)C1=C(O)C(=O)N(c2ccc(Br)cc2)C1C1CCCCC1. The van der Waals surface area contributed by atoms with E-state index in [9.17, 15) is 14.7 Å². The van der Waals surface area contributed by atoms with Gasteiger partial charge in [0.1, 0.15) is 0 Å². The van der Waals surface area contributed by atoms with Gasteiger partial charge >= 0.3 is 0 Å². The molecule has 27 heavy (non-hydrogen) atoms. The molecule has 3 rings (SSSR count). The lowest BCUT2D eigenvalue weighted by Gasteiger charge is -2.35. The van der Waals surface area contributed by atoms with E-state index in [1.807, 2.05) is 24.3 Å². The van der Waals surface area contributed by atoms with E-state index in [1.165, 1.54) is 6.42 Å². The van der Waals surface area contributed by atoms with Crippen LogP contribution in [0.15, 0.2) is 40.1 Å². The summed E-state index contributed by atoms with van der Waals surface area (Å²) in [6.07, 6.45) is 8.63. The van der Waals surface area contributed by atoms with Crippen molar-refractivity contribution in [2.45, 2.75) is 70.8 Å². The number of unbranched alkanes of at least 4 members (excludes halogenated alkanes) is 2. The molecule has 4 nitrogen and oxygen atoms in total. The van der Waals surface area contributed by atoms with Crippen LogP contribution >= 0.6 is 15.9 Å². The van der Waals surface area contributed by atoms with Crippen molar-refractivity contribution < 1.29 is 14.7 Å². The van der Waals surface area contributed by atoms with Crippen LogP contribution < -0.4 is 4.90 Å². The number of benzene rings is 1. The Hall–Kier alpha value is -1.62. The monoisotopic (exact) mass is 433 g/mol. The molecular formula is C22H28BrNO3. The van der Waals surface area contributed by atoms with E-state index >= 15 is 0 Å². The number of Topliss-reactive ketones (excluding diaryl/α,β-unsaturated/α-hetero) is 1. The average Bonchev–Trinajstić information content (AvgIpc) is 2.95. The van der Waals surface area contributed by atoms with Gasteiger partial charge in [-0.2, -0.15) is 0 Å². The number of nitrogens with zero attached hydrogens (tertiary/aromatic N) is 1. The van der Waals surface area contributed by atoms with Gasteiger partial charge in [0.15, 0.2) is 11.5 Å². The molecule has 1 saturated carbocycles. The lowest BCUT2D eigenvalue weighted by molar-refractivity contribution is -0.118. The van der Waals surface area contributed by atoms with Crippen LogP contribution in [0.2, 0.25) is 0 Å². The van der Waals surface area contributed by atoms with Crippen molar-refractivity contribution in [2.75, 3.05) is 4.90 Å². The first-order valence-electron chi connectivity index (χ1n) is 10.1. The molecule has 1 aromatic rings. The number of aliphatic hydroxyl groups excluding tert-OH is 1. The normalized spacial score (nSPS) is 21.2. The molecule has 1 amide bonds. The van der Waals surface area contributed by atoms with Crippen molar-refractivity contribution in [3.8, 4) is 0 Å². The fraction of sp³-hybridized carbons (Fsp3) is 0.545. The molecule has 0 spiro atoms. The highest BCUT2D eigenvalue weighted by Crippen LogP contribution is 2.41. The minimum atomic E-state index is -0.438. The van der Waals surface area contributed by atoms with Gasteiger partial charge in [0.25, 0.3) is 5.91 Å². The van der Waals surface area contributed by atoms with E-state index in [2.05, 4.69) is 22.9 Å². The second-order valence-corrected chi connectivity index (χ2v) is 8.55. The Morgan fingerprint density at radius 3 is 2.44 bits per heavy atom. The van der Waals surface area contributed by atoms with Crippen LogP contribution in [0.1, 0.15) is 64.7 Å².